The molecule has 2 rings (SSSR count). The van der Waals surface area contributed by atoms with Crippen LogP contribution < -0.4 is 10.3 Å². The number of hydrazine groups is 1. The second kappa shape index (κ2) is 6.36. The van der Waals surface area contributed by atoms with Crippen molar-refractivity contribution in [3.05, 3.63) is 29.8 Å². The van der Waals surface area contributed by atoms with E-state index in [1.54, 1.807) is 12.1 Å². The molecule has 0 spiro atoms. The van der Waals surface area contributed by atoms with Crippen LogP contribution in [0.3, 0.4) is 0 Å². The van der Waals surface area contributed by atoms with Crippen molar-refractivity contribution in [2.45, 2.75) is 36.4 Å². The SMILES string of the molecule is Cc1ccc(S(=O)(=O)NN[C@@H]2OC[C@@H](O)[C@H](O)[C@H]2O)cc1. The average molecular weight is 318 g/mol. The molecule has 0 unspecified atom stereocenters. The van der Waals surface area contributed by atoms with E-state index >= 15 is 0 Å². The number of hydrogen-bond acceptors (Lipinski definition) is 7. The van der Waals surface area contributed by atoms with Gasteiger partial charge in [0, 0.05) is 0 Å². The van der Waals surface area contributed by atoms with Gasteiger partial charge in [-0.1, -0.05) is 17.7 Å². The lowest BCUT2D eigenvalue weighted by molar-refractivity contribution is -0.196. The zero-order chi connectivity index (χ0) is 15.6. The fourth-order valence-electron chi connectivity index (χ4n) is 1.85. The van der Waals surface area contributed by atoms with Gasteiger partial charge in [-0.3, -0.25) is 0 Å². The molecular formula is C12H18N2O6S. The number of nitrogens with one attached hydrogen (secondary N) is 2. The molecule has 0 aromatic heterocycles. The largest absolute Gasteiger partial charge is 0.388 e. The minimum atomic E-state index is -3.83. The first kappa shape index (κ1) is 16.3. The van der Waals surface area contributed by atoms with Crippen molar-refractivity contribution in [3.8, 4) is 0 Å². The van der Waals surface area contributed by atoms with Gasteiger partial charge in [0.2, 0.25) is 0 Å². The average Bonchev–Trinajstić information content (AvgIpc) is 2.44. The lowest BCUT2D eigenvalue weighted by atomic mass is 10.1. The zero-order valence-electron chi connectivity index (χ0n) is 11.3. The highest BCUT2D eigenvalue weighted by Gasteiger charge is 2.37. The number of aliphatic hydroxyl groups is 3. The Bertz CT molecular complexity index is 576. The summed E-state index contributed by atoms with van der Waals surface area (Å²) in [5, 5.41) is 28.5. The van der Waals surface area contributed by atoms with E-state index in [2.05, 4.69) is 10.3 Å². The Morgan fingerprint density at radius 3 is 2.38 bits per heavy atom. The number of aryl methyl sites for hydroxylation is 1. The maximum Gasteiger partial charge on any atom is 0.253 e. The molecule has 0 bridgehead atoms. The van der Waals surface area contributed by atoms with Gasteiger partial charge in [0.05, 0.1) is 11.5 Å². The van der Waals surface area contributed by atoms with E-state index in [9.17, 15) is 23.7 Å². The van der Waals surface area contributed by atoms with Crippen LogP contribution in [0.1, 0.15) is 5.56 Å². The van der Waals surface area contributed by atoms with E-state index in [1.165, 1.54) is 12.1 Å². The van der Waals surface area contributed by atoms with Crippen LogP contribution in [0, 0.1) is 6.92 Å². The van der Waals surface area contributed by atoms with Gasteiger partial charge in [-0.05, 0) is 19.1 Å². The molecule has 4 atom stereocenters. The van der Waals surface area contributed by atoms with Crippen molar-refractivity contribution in [2.75, 3.05) is 6.61 Å². The fourth-order valence-corrected chi connectivity index (χ4v) is 2.73. The van der Waals surface area contributed by atoms with E-state index in [0.29, 0.717) is 0 Å². The first-order chi connectivity index (χ1) is 9.81. The summed E-state index contributed by atoms with van der Waals surface area (Å²) in [4.78, 5) is 2.12. The van der Waals surface area contributed by atoms with Gasteiger partial charge >= 0.3 is 0 Å². The van der Waals surface area contributed by atoms with Crippen molar-refractivity contribution >= 4 is 10.0 Å². The molecule has 118 valence electrons. The lowest BCUT2D eigenvalue weighted by Gasteiger charge is -2.35. The van der Waals surface area contributed by atoms with Crippen molar-refractivity contribution in [2.24, 2.45) is 0 Å². The van der Waals surface area contributed by atoms with Crippen molar-refractivity contribution in [1.82, 2.24) is 10.3 Å². The summed E-state index contributed by atoms with van der Waals surface area (Å²) in [6, 6.07) is 6.19. The minimum absolute atomic E-state index is 0.0477. The van der Waals surface area contributed by atoms with Gasteiger partial charge in [0.1, 0.15) is 24.5 Å². The highest BCUT2D eigenvalue weighted by atomic mass is 32.2. The molecule has 1 aromatic rings. The third-order valence-electron chi connectivity index (χ3n) is 3.17. The minimum Gasteiger partial charge on any atom is -0.388 e. The van der Waals surface area contributed by atoms with Crippen molar-refractivity contribution in [3.63, 3.8) is 0 Å². The van der Waals surface area contributed by atoms with Crippen LogP contribution in [-0.2, 0) is 14.8 Å². The van der Waals surface area contributed by atoms with E-state index in [4.69, 9.17) is 4.74 Å². The van der Waals surface area contributed by atoms with Crippen LogP contribution >= 0.6 is 0 Å². The monoisotopic (exact) mass is 318 g/mol. The normalized spacial score (nSPS) is 30.3. The summed E-state index contributed by atoms with van der Waals surface area (Å²) >= 11 is 0. The van der Waals surface area contributed by atoms with E-state index in [-0.39, 0.29) is 11.5 Å². The number of sulfonamides is 1. The molecule has 5 N–H and O–H groups in total. The molecular weight excluding hydrogens is 300 g/mol. The van der Waals surface area contributed by atoms with Crippen LogP contribution in [-0.4, -0.2) is 54.9 Å². The van der Waals surface area contributed by atoms with Gasteiger partial charge in [-0.2, -0.15) is 0 Å². The maximum absolute atomic E-state index is 12.0. The molecule has 1 fully saturated rings. The van der Waals surface area contributed by atoms with Crippen LogP contribution in [0.4, 0.5) is 0 Å². The number of hydrogen-bond donors (Lipinski definition) is 5. The number of benzene rings is 1. The lowest BCUT2D eigenvalue weighted by Crippen LogP contribution is -2.61. The molecule has 1 aromatic carbocycles. The molecule has 8 nitrogen and oxygen atoms in total. The molecule has 1 heterocycles. The van der Waals surface area contributed by atoms with Gasteiger partial charge in [0.15, 0.2) is 0 Å². The second-order valence-electron chi connectivity index (χ2n) is 4.87. The van der Waals surface area contributed by atoms with E-state index < -0.39 is 34.6 Å². The molecule has 0 radical (unpaired) electrons. The van der Waals surface area contributed by atoms with Crippen LogP contribution in [0.15, 0.2) is 29.2 Å². The Labute approximate surface area is 122 Å². The summed E-state index contributed by atoms with van der Waals surface area (Å²) in [5.41, 5.74) is 3.22. The first-order valence-electron chi connectivity index (χ1n) is 6.31. The Kier molecular flexibility index (Phi) is 4.94. The number of aliphatic hydroxyl groups excluding tert-OH is 3. The Morgan fingerprint density at radius 1 is 1.14 bits per heavy atom. The predicted molar refractivity (Wildman–Crippen MR) is 72.4 cm³/mol. The highest BCUT2D eigenvalue weighted by Crippen LogP contribution is 2.14. The summed E-state index contributed by atoms with van der Waals surface area (Å²) in [5.74, 6) is 0. The van der Waals surface area contributed by atoms with Crippen molar-refractivity contribution < 1.29 is 28.5 Å². The molecule has 1 saturated heterocycles. The van der Waals surface area contributed by atoms with Crippen molar-refractivity contribution in [1.29, 1.82) is 0 Å². The maximum atomic E-state index is 12.0. The third kappa shape index (κ3) is 3.77. The van der Waals surface area contributed by atoms with E-state index in [1.807, 2.05) is 6.92 Å². The summed E-state index contributed by atoms with van der Waals surface area (Å²) in [6.45, 7) is 1.61. The zero-order valence-corrected chi connectivity index (χ0v) is 12.1. The Balaban J connectivity index is 2.00. The first-order valence-corrected chi connectivity index (χ1v) is 7.79. The third-order valence-corrected chi connectivity index (χ3v) is 4.45. The smallest absolute Gasteiger partial charge is 0.253 e. The topological polar surface area (TPSA) is 128 Å². The van der Waals surface area contributed by atoms with Gasteiger partial charge in [-0.15, -0.1) is 4.83 Å². The molecule has 1 aliphatic rings. The second-order valence-corrected chi connectivity index (χ2v) is 6.55. The van der Waals surface area contributed by atoms with Crippen LogP contribution in [0.2, 0.25) is 0 Å². The van der Waals surface area contributed by atoms with Gasteiger partial charge < -0.3 is 20.1 Å². The quantitative estimate of drug-likeness (QED) is 0.415. The number of ether oxygens (including phenoxy) is 1. The molecule has 0 amide bonds. The van der Waals surface area contributed by atoms with Gasteiger partial charge in [-0.25, -0.2) is 13.8 Å². The van der Waals surface area contributed by atoms with Crippen LogP contribution in [0.25, 0.3) is 0 Å². The number of rotatable bonds is 4. The summed E-state index contributed by atoms with van der Waals surface area (Å²) in [7, 11) is -3.83. The fraction of sp³-hybridized carbons (Fsp3) is 0.500. The predicted octanol–water partition coefficient (Wildman–Crippen LogP) is -1.78. The molecule has 1 aliphatic heterocycles. The van der Waals surface area contributed by atoms with E-state index in [0.717, 1.165) is 5.56 Å². The molecule has 21 heavy (non-hydrogen) atoms. The summed E-state index contributed by atoms with van der Waals surface area (Å²) in [6.07, 6.45) is -5.26. The molecule has 0 aliphatic carbocycles. The highest BCUT2D eigenvalue weighted by molar-refractivity contribution is 7.89. The van der Waals surface area contributed by atoms with Crippen LogP contribution in [0.5, 0.6) is 0 Å². The molecule has 0 saturated carbocycles. The molecule has 9 heteroatoms. The standard InChI is InChI=1S/C12H18N2O6S/c1-7-2-4-8(5-3-7)21(18,19)14-13-12-11(17)10(16)9(15)6-20-12/h2-5,9-17H,6H2,1H3/t9-,10+,11-,12-/m1/s1. The summed E-state index contributed by atoms with van der Waals surface area (Å²) < 4.78 is 29.1. The Morgan fingerprint density at radius 2 is 1.76 bits per heavy atom. The Hall–Kier alpha value is -1.07. The van der Waals surface area contributed by atoms with Gasteiger partial charge in [0.25, 0.3) is 10.0 Å².